The molecule has 180 valence electrons. The minimum absolute atomic E-state index is 0.127. The van der Waals surface area contributed by atoms with Crippen LogP contribution in [0.1, 0.15) is 29.2 Å². The Morgan fingerprint density at radius 2 is 1.69 bits per heavy atom. The van der Waals surface area contributed by atoms with E-state index < -0.39 is 6.03 Å². The lowest BCUT2D eigenvalue weighted by molar-refractivity contribution is 0.242. The van der Waals surface area contributed by atoms with Crippen LogP contribution in [-0.4, -0.2) is 54.0 Å². The number of carbonyl (C=O) groups is 1. The molecule has 0 radical (unpaired) electrons. The molecule has 3 aromatic carbocycles. The Hall–Kier alpha value is -3.90. The fourth-order valence-corrected chi connectivity index (χ4v) is 4.17. The lowest BCUT2D eigenvalue weighted by atomic mass is 9.99. The van der Waals surface area contributed by atoms with Crippen LogP contribution in [0, 0.1) is 0 Å². The van der Waals surface area contributed by atoms with Gasteiger partial charge in [0.15, 0.2) is 0 Å². The van der Waals surface area contributed by atoms with Crippen molar-refractivity contribution in [3.05, 3.63) is 95.1 Å². The van der Waals surface area contributed by atoms with Crippen LogP contribution >= 0.6 is 0 Å². The third kappa shape index (κ3) is 5.12. The number of nitrogens with zero attached hydrogens (tertiary/aromatic N) is 3. The van der Waals surface area contributed by atoms with Gasteiger partial charge in [0.1, 0.15) is 0 Å². The van der Waals surface area contributed by atoms with Gasteiger partial charge in [-0.05, 0) is 56.3 Å². The summed E-state index contributed by atoms with van der Waals surface area (Å²) in [5, 5.41) is 14.8. The molecule has 0 saturated carbocycles. The summed E-state index contributed by atoms with van der Waals surface area (Å²) in [6, 6.07) is 23.5. The smallest absolute Gasteiger partial charge is 0.328 e. The van der Waals surface area contributed by atoms with Gasteiger partial charge in [0.2, 0.25) is 5.88 Å². The molecular weight excluding hydrogens is 436 g/mol. The zero-order valence-electron chi connectivity index (χ0n) is 20.7. The van der Waals surface area contributed by atoms with Gasteiger partial charge in [-0.3, -0.25) is 0 Å². The maximum absolute atomic E-state index is 12.8. The maximum Gasteiger partial charge on any atom is 0.328 e. The monoisotopic (exact) mass is 468 g/mol. The molecule has 35 heavy (non-hydrogen) atoms. The van der Waals surface area contributed by atoms with Crippen molar-refractivity contribution >= 4 is 28.3 Å². The second-order valence-electron chi connectivity index (χ2n) is 8.84. The van der Waals surface area contributed by atoms with Crippen molar-refractivity contribution in [1.82, 2.24) is 14.8 Å². The first-order chi connectivity index (χ1) is 16.9. The molecular formula is C29H32N4O2. The van der Waals surface area contributed by atoms with Gasteiger partial charge in [0.25, 0.3) is 0 Å². The summed E-state index contributed by atoms with van der Waals surface area (Å²) in [6.45, 7) is 3.04. The molecule has 0 spiro atoms. The maximum atomic E-state index is 12.8. The number of aryl methyl sites for hydroxylation is 1. The molecule has 0 aliphatic carbocycles. The van der Waals surface area contributed by atoms with Gasteiger partial charge in [-0.15, -0.1) is 0 Å². The van der Waals surface area contributed by atoms with Crippen molar-refractivity contribution in [3.63, 3.8) is 0 Å². The lowest BCUT2D eigenvalue weighted by Gasteiger charge is -2.10. The van der Waals surface area contributed by atoms with E-state index in [1.165, 1.54) is 10.1 Å². The number of rotatable bonds is 7. The Morgan fingerprint density at radius 3 is 2.31 bits per heavy atom. The van der Waals surface area contributed by atoms with E-state index in [0.717, 1.165) is 41.6 Å². The number of benzene rings is 3. The van der Waals surface area contributed by atoms with E-state index in [2.05, 4.69) is 43.4 Å². The van der Waals surface area contributed by atoms with E-state index >= 15 is 0 Å². The lowest BCUT2D eigenvalue weighted by Crippen LogP contribution is -2.24. The normalized spacial score (nSPS) is 11.9. The number of fused-ring (bicyclic) bond motifs is 1. The van der Waals surface area contributed by atoms with Crippen LogP contribution < -0.4 is 5.32 Å². The fourth-order valence-electron chi connectivity index (χ4n) is 4.17. The van der Waals surface area contributed by atoms with Crippen LogP contribution in [0.25, 0.3) is 10.9 Å². The van der Waals surface area contributed by atoms with Crippen LogP contribution in [0.5, 0.6) is 5.88 Å². The highest BCUT2D eigenvalue weighted by molar-refractivity contribution is 6.23. The predicted molar refractivity (Wildman–Crippen MR) is 143 cm³/mol. The Labute approximate surface area is 206 Å². The fraction of sp³-hybridized carbons (Fsp3) is 0.241. The van der Waals surface area contributed by atoms with Crippen molar-refractivity contribution < 1.29 is 9.90 Å². The second kappa shape index (κ2) is 10.6. The molecule has 1 aromatic heterocycles. The van der Waals surface area contributed by atoms with Crippen LogP contribution in [0.4, 0.5) is 10.5 Å². The molecule has 0 bridgehead atoms. The van der Waals surface area contributed by atoms with Crippen molar-refractivity contribution in [3.8, 4) is 5.88 Å². The van der Waals surface area contributed by atoms with E-state index in [1.807, 2.05) is 60.7 Å². The summed E-state index contributed by atoms with van der Waals surface area (Å²) in [6.07, 6.45) is 1.79. The predicted octanol–water partition coefficient (Wildman–Crippen LogP) is 5.37. The van der Waals surface area contributed by atoms with E-state index in [4.69, 9.17) is 4.99 Å². The molecule has 6 nitrogen and oxygen atoms in total. The number of aliphatic imine (C=N–C) groups is 1. The summed E-state index contributed by atoms with van der Waals surface area (Å²) in [5.74, 6) is -0.127. The van der Waals surface area contributed by atoms with Gasteiger partial charge in [0, 0.05) is 24.5 Å². The second-order valence-corrected chi connectivity index (χ2v) is 8.84. The molecule has 2 N–H and O–H groups in total. The number of likely N-dealkylation sites (N-methyl/N-ethyl adjacent to an activating group) is 1. The van der Waals surface area contributed by atoms with E-state index in [0.29, 0.717) is 16.8 Å². The molecule has 4 rings (SSSR count). The summed E-state index contributed by atoms with van der Waals surface area (Å²) >= 11 is 0. The van der Waals surface area contributed by atoms with Gasteiger partial charge < -0.3 is 15.3 Å². The first-order valence-electron chi connectivity index (χ1n) is 11.9. The minimum Gasteiger partial charge on any atom is -0.494 e. The molecule has 0 saturated heterocycles. The zero-order chi connectivity index (χ0) is 24.9. The first kappa shape index (κ1) is 24.2. The summed E-state index contributed by atoms with van der Waals surface area (Å²) in [4.78, 5) is 19.9. The van der Waals surface area contributed by atoms with Crippen molar-refractivity contribution in [2.45, 2.75) is 19.8 Å². The van der Waals surface area contributed by atoms with Crippen molar-refractivity contribution in [1.29, 1.82) is 0 Å². The van der Waals surface area contributed by atoms with E-state index in [-0.39, 0.29) is 5.88 Å². The van der Waals surface area contributed by atoms with E-state index in [1.54, 1.807) is 7.05 Å². The third-order valence-electron chi connectivity index (χ3n) is 6.14. The third-order valence-corrected chi connectivity index (χ3v) is 6.14. The molecule has 4 aromatic rings. The largest absolute Gasteiger partial charge is 0.494 e. The molecule has 1 heterocycles. The highest BCUT2D eigenvalue weighted by atomic mass is 16.3. The zero-order valence-corrected chi connectivity index (χ0v) is 20.7. The van der Waals surface area contributed by atoms with Gasteiger partial charge >= 0.3 is 6.03 Å². The Kier molecular flexibility index (Phi) is 7.32. The number of nitrogens with one attached hydrogen (secondary N) is 1. The number of amides is 1. The highest BCUT2D eigenvalue weighted by Gasteiger charge is 2.25. The number of carbonyl (C=O) groups excluding carboxylic acids is 1. The molecule has 0 atom stereocenters. The Balaban J connectivity index is 1.91. The summed E-state index contributed by atoms with van der Waals surface area (Å²) in [5.41, 5.74) is 5.76. The number of hydrogen-bond donors (Lipinski definition) is 2. The standard InChI is InChI=1S/C29H32N4O2/c1-5-20-13-16-24-25(19-20)33(29(35)30-2)28(34)26(24)27(22-9-7-6-8-10-22)31-23-14-11-21(12-15-23)17-18-32(3)4/h6-16,19,34H,5,17-18H2,1-4H3,(H,30,35). The average molecular weight is 469 g/mol. The molecule has 0 aliphatic rings. The molecule has 0 unspecified atom stereocenters. The summed E-state index contributed by atoms with van der Waals surface area (Å²) < 4.78 is 1.33. The van der Waals surface area contributed by atoms with Gasteiger partial charge in [-0.2, -0.15) is 0 Å². The highest BCUT2D eigenvalue weighted by Crippen LogP contribution is 2.35. The van der Waals surface area contributed by atoms with Crippen LogP contribution in [-0.2, 0) is 12.8 Å². The molecule has 1 amide bonds. The van der Waals surface area contributed by atoms with Gasteiger partial charge in [-0.1, -0.05) is 61.5 Å². The van der Waals surface area contributed by atoms with Gasteiger partial charge in [-0.25, -0.2) is 14.4 Å². The number of hydrogen-bond acceptors (Lipinski definition) is 4. The topological polar surface area (TPSA) is 69.9 Å². The van der Waals surface area contributed by atoms with Crippen LogP contribution in [0.2, 0.25) is 0 Å². The SMILES string of the molecule is CCc1ccc2c(C(=Nc3ccc(CCN(C)C)cc3)c3ccccc3)c(O)n(C(=O)NC)c2c1. The molecule has 6 heteroatoms. The average Bonchev–Trinajstić information content (AvgIpc) is 3.17. The van der Waals surface area contributed by atoms with Gasteiger partial charge in [0.05, 0.1) is 22.5 Å². The Bertz CT molecular complexity index is 1350. The first-order valence-corrected chi connectivity index (χ1v) is 11.9. The Morgan fingerprint density at radius 1 is 1.00 bits per heavy atom. The van der Waals surface area contributed by atoms with E-state index in [9.17, 15) is 9.90 Å². The van der Waals surface area contributed by atoms with Crippen LogP contribution in [0.15, 0.2) is 77.8 Å². The summed E-state index contributed by atoms with van der Waals surface area (Å²) in [7, 11) is 5.69. The number of aromatic nitrogens is 1. The quantitative estimate of drug-likeness (QED) is 0.358. The van der Waals surface area contributed by atoms with Crippen molar-refractivity contribution in [2.75, 3.05) is 27.7 Å². The number of aromatic hydroxyl groups is 1. The van der Waals surface area contributed by atoms with Crippen LogP contribution in [0.3, 0.4) is 0 Å². The van der Waals surface area contributed by atoms with Crippen molar-refractivity contribution in [2.24, 2.45) is 4.99 Å². The molecule has 0 aliphatic heterocycles. The molecule has 0 fully saturated rings. The minimum atomic E-state index is -0.398.